The maximum atomic E-state index is 12.2. The number of ether oxygens (including phenoxy) is 1. The van der Waals surface area contributed by atoms with Crippen molar-refractivity contribution in [3.63, 3.8) is 0 Å². The first-order valence-electron chi connectivity index (χ1n) is 6.10. The van der Waals surface area contributed by atoms with Gasteiger partial charge in [-0.1, -0.05) is 13.3 Å². The maximum absolute atomic E-state index is 12.2. The van der Waals surface area contributed by atoms with Crippen molar-refractivity contribution in [1.82, 2.24) is 13.9 Å². The van der Waals surface area contributed by atoms with Crippen LogP contribution in [0.25, 0.3) is 10.2 Å². The van der Waals surface area contributed by atoms with E-state index in [1.165, 1.54) is 22.4 Å². The number of rotatable bonds is 5. The Hall–Kier alpha value is -1.76. The monoisotopic (exact) mass is 281 g/mol. The highest BCUT2D eigenvalue weighted by atomic mass is 32.1. The Balaban J connectivity index is 2.17. The maximum Gasteiger partial charge on any atom is 0.326 e. The van der Waals surface area contributed by atoms with Crippen molar-refractivity contribution in [2.45, 2.75) is 33.2 Å². The molecule has 0 aromatic carbocycles. The quantitative estimate of drug-likeness (QED) is 0.613. The molecular formula is C12H15N3O3S. The molecule has 0 amide bonds. The lowest BCUT2D eigenvalue weighted by atomic mass is 10.3. The second-order valence-corrected chi connectivity index (χ2v) is 4.95. The van der Waals surface area contributed by atoms with Crippen LogP contribution in [0.1, 0.15) is 25.5 Å². The summed E-state index contributed by atoms with van der Waals surface area (Å²) in [6.45, 7) is 4.05. The van der Waals surface area contributed by atoms with E-state index in [1.807, 2.05) is 6.92 Å². The van der Waals surface area contributed by atoms with Crippen LogP contribution in [0.3, 0.4) is 0 Å². The lowest BCUT2D eigenvalue weighted by molar-refractivity contribution is -0.144. The largest absolute Gasteiger partial charge is 0.464 e. The first-order valence-corrected chi connectivity index (χ1v) is 6.88. The van der Waals surface area contributed by atoms with Crippen LogP contribution in [0.5, 0.6) is 0 Å². The highest BCUT2D eigenvalue weighted by Crippen LogP contribution is 2.15. The van der Waals surface area contributed by atoms with Crippen LogP contribution in [0.15, 0.2) is 11.1 Å². The molecule has 2 rings (SSSR count). The molecule has 2 aromatic heterocycles. The fourth-order valence-electron chi connectivity index (χ4n) is 1.64. The molecule has 0 fully saturated rings. The summed E-state index contributed by atoms with van der Waals surface area (Å²) in [5.74, 6) is -0.419. The van der Waals surface area contributed by atoms with Gasteiger partial charge in [0, 0.05) is 0 Å². The van der Waals surface area contributed by atoms with Crippen molar-refractivity contribution >= 4 is 27.7 Å². The fourth-order valence-corrected chi connectivity index (χ4v) is 2.37. The van der Waals surface area contributed by atoms with E-state index in [0.29, 0.717) is 22.5 Å². The van der Waals surface area contributed by atoms with E-state index < -0.39 is 5.97 Å². The second-order valence-electron chi connectivity index (χ2n) is 4.20. The van der Waals surface area contributed by atoms with Crippen molar-refractivity contribution in [2.24, 2.45) is 0 Å². The van der Waals surface area contributed by atoms with E-state index in [-0.39, 0.29) is 12.1 Å². The molecule has 0 spiro atoms. The summed E-state index contributed by atoms with van der Waals surface area (Å²) in [5, 5.41) is 0.480. The molecule has 19 heavy (non-hydrogen) atoms. The highest BCUT2D eigenvalue weighted by Gasteiger charge is 2.12. The minimum absolute atomic E-state index is 0.110. The molecule has 0 unspecified atom stereocenters. The summed E-state index contributed by atoms with van der Waals surface area (Å²) in [5.41, 5.74) is 0.398. The Kier molecular flexibility index (Phi) is 4.26. The standard InChI is InChI=1S/C12H15N3O3S/c1-3-4-5-18-9(16)6-15-7-13-11-10(12(15)17)8(2)14-19-11/h7H,3-6H2,1-2H3. The summed E-state index contributed by atoms with van der Waals surface area (Å²) >= 11 is 1.18. The van der Waals surface area contributed by atoms with Crippen molar-refractivity contribution in [3.05, 3.63) is 22.4 Å². The van der Waals surface area contributed by atoms with Crippen molar-refractivity contribution < 1.29 is 9.53 Å². The SMILES string of the molecule is CCCCOC(=O)Cn1cnc2snc(C)c2c1=O. The van der Waals surface area contributed by atoms with Gasteiger partial charge in [-0.15, -0.1) is 0 Å². The third-order valence-corrected chi connectivity index (χ3v) is 3.54. The van der Waals surface area contributed by atoms with E-state index in [9.17, 15) is 9.59 Å². The minimum atomic E-state index is -0.419. The van der Waals surface area contributed by atoms with Gasteiger partial charge in [0.05, 0.1) is 24.0 Å². The number of carbonyl (C=O) groups excluding carboxylic acids is 1. The molecule has 0 bridgehead atoms. The zero-order valence-electron chi connectivity index (χ0n) is 10.9. The van der Waals surface area contributed by atoms with Crippen LogP contribution in [0.4, 0.5) is 0 Å². The Morgan fingerprint density at radius 3 is 3.05 bits per heavy atom. The summed E-state index contributed by atoms with van der Waals surface area (Å²) in [6, 6.07) is 0. The Labute approximate surface area is 114 Å². The van der Waals surface area contributed by atoms with Crippen LogP contribution < -0.4 is 5.56 Å². The molecule has 0 atom stereocenters. The first-order chi connectivity index (χ1) is 9.13. The van der Waals surface area contributed by atoms with Gasteiger partial charge in [0.2, 0.25) is 0 Å². The zero-order chi connectivity index (χ0) is 13.8. The van der Waals surface area contributed by atoms with Crippen LogP contribution >= 0.6 is 11.5 Å². The molecule has 0 saturated carbocycles. The molecule has 0 radical (unpaired) electrons. The number of aryl methyl sites for hydroxylation is 1. The molecule has 0 N–H and O–H groups in total. The number of hydrogen-bond acceptors (Lipinski definition) is 6. The topological polar surface area (TPSA) is 74.1 Å². The van der Waals surface area contributed by atoms with Crippen LogP contribution in [0, 0.1) is 6.92 Å². The van der Waals surface area contributed by atoms with Gasteiger partial charge in [-0.05, 0) is 24.9 Å². The molecule has 0 aliphatic carbocycles. The van der Waals surface area contributed by atoms with E-state index in [4.69, 9.17) is 4.74 Å². The van der Waals surface area contributed by atoms with E-state index >= 15 is 0 Å². The zero-order valence-corrected chi connectivity index (χ0v) is 11.7. The lowest BCUT2D eigenvalue weighted by Crippen LogP contribution is -2.25. The summed E-state index contributed by atoms with van der Waals surface area (Å²) in [4.78, 5) is 28.5. The Morgan fingerprint density at radius 2 is 2.32 bits per heavy atom. The van der Waals surface area contributed by atoms with Gasteiger partial charge in [0.1, 0.15) is 6.54 Å². The van der Waals surface area contributed by atoms with Crippen molar-refractivity contribution in [3.8, 4) is 0 Å². The van der Waals surface area contributed by atoms with Gasteiger partial charge >= 0.3 is 5.97 Å². The van der Waals surface area contributed by atoms with Gasteiger partial charge in [-0.3, -0.25) is 14.2 Å². The number of fused-ring (bicyclic) bond motifs is 1. The molecule has 2 heterocycles. The van der Waals surface area contributed by atoms with Crippen LogP contribution in [-0.2, 0) is 16.1 Å². The Bertz CT molecular complexity index is 647. The number of unbranched alkanes of at least 4 members (excludes halogenated alkanes) is 1. The third kappa shape index (κ3) is 2.98. The predicted octanol–water partition coefficient (Wildman–Crippen LogP) is 1.50. The second kappa shape index (κ2) is 5.92. The minimum Gasteiger partial charge on any atom is -0.464 e. The molecule has 0 saturated heterocycles. The van der Waals surface area contributed by atoms with E-state index in [2.05, 4.69) is 9.36 Å². The molecule has 0 aliphatic rings. The van der Waals surface area contributed by atoms with Gasteiger partial charge in [-0.2, -0.15) is 4.37 Å². The summed E-state index contributed by atoms with van der Waals surface area (Å²) < 4.78 is 10.4. The Morgan fingerprint density at radius 1 is 1.53 bits per heavy atom. The normalized spacial score (nSPS) is 10.8. The number of esters is 1. The van der Waals surface area contributed by atoms with Crippen molar-refractivity contribution in [1.29, 1.82) is 0 Å². The molecule has 0 aliphatic heterocycles. The average Bonchev–Trinajstić information content (AvgIpc) is 2.76. The van der Waals surface area contributed by atoms with Crippen LogP contribution in [-0.4, -0.2) is 26.5 Å². The predicted molar refractivity (Wildman–Crippen MR) is 72.3 cm³/mol. The summed E-state index contributed by atoms with van der Waals surface area (Å²) in [6.07, 6.45) is 3.15. The number of aromatic nitrogens is 3. The smallest absolute Gasteiger partial charge is 0.326 e. The summed E-state index contributed by atoms with van der Waals surface area (Å²) in [7, 11) is 0. The lowest BCUT2D eigenvalue weighted by Gasteiger charge is -2.06. The van der Waals surface area contributed by atoms with Gasteiger partial charge < -0.3 is 4.74 Å². The fraction of sp³-hybridized carbons (Fsp3) is 0.500. The van der Waals surface area contributed by atoms with Crippen LogP contribution in [0.2, 0.25) is 0 Å². The average molecular weight is 281 g/mol. The number of carbonyl (C=O) groups is 1. The molecule has 6 nitrogen and oxygen atoms in total. The van der Waals surface area contributed by atoms with E-state index in [0.717, 1.165) is 12.8 Å². The molecule has 7 heteroatoms. The number of nitrogens with zero attached hydrogens (tertiary/aromatic N) is 3. The first kappa shape index (κ1) is 13.7. The molecular weight excluding hydrogens is 266 g/mol. The van der Waals surface area contributed by atoms with Gasteiger partial charge in [-0.25, -0.2) is 4.98 Å². The highest BCUT2D eigenvalue weighted by molar-refractivity contribution is 7.12. The molecule has 102 valence electrons. The van der Waals surface area contributed by atoms with E-state index in [1.54, 1.807) is 6.92 Å². The van der Waals surface area contributed by atoms with Gasteiger partial charge in [0.15, 0.2) is 4.83 Å². The third-order valence-electron chi connectivity index (χ3n) is 2.69. The molecule has 2 aromatic rings. The van der Waals surface area contributed by atoms with Crippen molar-refractivity contribution in [2.75, 3.05) is 6.61 Å². The van der Waals surface area contributed by atoms with Gasteiger partial charge in [0.25, 0.3) is 5.56 Å². The number of hydrogen-bond donors (Lipinski definition) is 0.